The molecule has 1 aliphatic carbocycles. The molecule has 1 aliphatic rings. The van der Waals surface area contributed by atoms with Gasteiger partial charge in [-0.05, 0) is 42.5 Å². The molecule has 1 nitrogen and oxygen atoms in total. The van der Waals surface area contributed by atoms with E-state index in [1.165, 1.54) is 24.0 Å². The summed E-state index contributed by atoms with van der Waals surface area (Å²) >= 11 is 0. The van der Waals surface area contributed by atoms with Crippen LogP contribution in [0.15, 0.2) is 18.2 Å². The van der Waals surface area contributed by atoms with Gasteiger partial charge in [-0.25, -0.2) is 0 Å². The van der Waals surface area contributed by atoms with Gasteiger partial charge in [-0.2, -0.15) is 5.26 Å². The second-order valence-electron chi connectivity index (χ2n) is 2.95. The van der Waals surface area contributed by atoms with Crippen molar-refractivity contribution in [2.24, 2.45) is 0 Å². The first-order chi connectivity index (χ1) is 5.40. The van der Waals surface area contributed by atoms with E-state index in [9.17, 15) is 0 Å². The molecule has 0 bridgehead atoms. The van der Waals surface area contributed by atoms with Gasteiger partial charge in [-0.3, -0.25) is 0 Å². The first-order valence-electron chi connectivity index (χ1n) is 3.92. The molecule has 0 unspecified atom stereocenters. The molecule has 0 saturated heterocycles. The van der Waals surface area contributed by atoms with Gasteiger partial charge in [-0.1, -0.05) is 6.07 Å². The summed E-state index contributed by atoms with van der Waals surface area (Å²) in [5, 5.41) is 8.62. The number of halogens is 1. The number of nitriles is 1. The molecular weight excluding hydrogens is 170 g/mol. The van der Waals surface area contributed by atoms with Crippen LogP contribution in [-0.4, -0.2) is 0 Å². The van der Waals surface area contributed by atoms with Crippen molar-refractivity contribution in [3.63, 3.8) is 0 Å². The number of nitrogens with zero attached hydrogens (tertiary/aromatic N) is 1. The lowest BCUT2D eigenvalue weighted by molar-refractivity contribution is 0.912. The summed E-state index contributed by atoms with van der Waals surface area (Å²) in [5.41, 5.74) is 3.61. The molecular formula is C10H10ClN. The summed E-state index contributed by atoms with van der Waals surface area (Å²) in [6.07, 6.45) is 3.61. The molecule has 0 aromatic heterocycles. The fourth-order valence-electron chi connectivity index (χ4n) is 1.64. The molecule has 0 aliphatic heterocycles. The van der Waals surface area contributed by atoms with E-state index in [0.29, 0.717) is 0 Å². The molecule has 1 aromatic rings. The smallest absolute Gasteiger partial charge is 0.0991 e. The Morgan fingerprint density at radius 2 is 1.92 bits per heavy atom. The van der Waals surface area contributed by atoms with Crippen LogP contribution in [-0.2, 0) is 12.8 Å². The second kappa shape index (κ2) is 3.60. The van der Waals surface area contributed by atoms with Gasteiger partial charge in [0.1, 0.15) is 0 Å². The number of benzene rings is 1. The van der Waals surface area contributed by atoms with Gasteiger partial charge in [0.2, 0.25) is 0 Å². The van der Waals surface area contributed by atoms with E-state index in [-0.39, 0.29) is 12.4 Å². The Morgan fingerprint density at radius 1 is 1.17 bits per heavy atom. The molecule has 0 spiro atoms. The van der Waals surface area contributed by atoms with E-state index in [4.69, 9.17) is 5.26 Å². The van der Waals surface area contributed by atoms with Gasteiger partial charge >= 0.3 is 0 Å². The van der Waals surface area contributed by atoms with Crippen molar-refractivity contribution in [1.82, 2.24) is 0 Å². The monoisotopic (exact) mass is 179 g/mol. The summed E-state index contributed by atoms with van der Waals surface area (Å²) < 4.78 is 0. The van der Waals surface area contributed by atoms with Crippen molar-refractivity contribution < 1.29 is 0 Å². The molecule has 0 saturated carbocycles. The number of aryl methyl sites for hydroxylation is 2. The summed E-state index contributed by atoms with van der Waals surface area (Å²) in [4.78, 5) is 0. The van der Waals surface area contributed by atoms with Gasteiger partial charge in [0.05, 0.1) is 11.6 Å². The maximum absolute atomic E-state index is 8.62. The van der Waals surface area contributed by atoms with Gasteiger partial charge in [0.15, 0.2) is 0 Å². The van der Waals surface area contributed by atoms with Crippen LogP contribution >= 0.6 is 12.4 Å². The predicted octanol–water partition coefficient (Wildman–Crippen LogP) is 2.47. The van der Waals surface area contributed by atoms with Crippen LogP contribution in [0.3, 0.4) is 0 Å². The van der Waals surface area contributed by atoms with Gasteiger partial charge in [0.25, 0.3) is 0 Å². The average Bonchev–Trinajstić information content (AvgIpc) is 2.50. The summed E-state index contributed by atoms with van der Waals surface area (Å²) in [6, 6.07) is 8.16. The van der Waals surface area contributed by atoms with Crippen LogP contribution < -0.4 is 0 Å². The Balaban J connectivity index is 0.000000720. The Morgan fingerprint density at radius 3 is 2.67 bits per heavy atom. The minimum Gasteiger partial charge on any atom is -0.192 e. The first-order valence-corrected chi connectivity index (χ1v) is 3.92. The summed E-state index contributed by atoms with van der Waals surface area (Å²) in [5.74, 6) is 0. The van der Waals surface area contributed by atoms with E-state index < -0.39 is 0 Å². The fraction of sp³-hybridized carbons (Fsp3) is 0.300. The number of hydrogen-bond acceptors (Lipinski definition) is 1. The Labute approximate surface area is 78.4 Å². The lowest BCUT2D eigenvalue weighted by Crippen LogP contribution is -1.82. The highest BCUT2D eigenvalue weighted by atomic mass is 35.5. The van der Waals surface area contributed by atoms with E-state index in [1.54, 1.807) is 0 Å². The SMILES string of the molecule is Cl.N#Cc1ccc2c(c1)CCC2. The topological polar surface area (TPSA) is 23.8 Å². The van der Waals surface area contributed by atoms with Gasteiger partial charge < -0.3 is 0 Å². The largest absolute Gasteiger partial charge is 0.192 e. The molecule has 0 radical (unpaired) electrons. The third-order valence-corrected chi connectivity index (χ3v) is 2.23. The van der Waals surface area contributed by atoms with Gasteiger partial charge in [-0.15, -0.1) is 12.4 Å². The molecule has 0 amide bonds. The zero-order valence-electron chi connectivity index (χ0n) is 6.71. The molecule has 2 rings (SSSR count). The lowest BCUT2D eigenvalue weighted by atomic mass is 10.1. The minimum absolute atomic E-state index is 0. The first kappa shape index (κ1) is 9.09. The second-order valence-corrected chi connectivity index (χ2v) is 2.95. The number of fused-ring (bicyclic) bond motifs is 1. The fourth-order valence-corrected chi connectivity index (χ4v) is 1.64. The van der Waals surface area contributed by atoms with Crippen LogP contribution in [0.5, 0.6) is 0 Å². The van der Waals surface area contributed by atoms with E-state index >= 15 is 0 Å². The summed E-state index contributed by atoms with van der Waals surface area (Å²) in [7, 11) is 0. The quantitative estimate of drug-likeness (QED) is 0.600. The van der Waals surface area contributed by atoms with Gasteiger partial charge in [0, 0.05) is 0 Å². The number of hydrogen-bond donors (Lipinski definition) is 0. The normalized spacial score (nSPS) is 12.9. The molecule has 2 heteroatoms. The Hall–Kier alpha value is -1.00. The molecule has 0 fully saturated rings. The van der Waals surface area contributed by atoms with Crippen molar-refractivity contribution in [2.45, 2.75) is 19.3 Å². The zero-order valence-corrected chi connectivity index (χ0v) is 7.53. The van der Waals surface area contributed by atoms with E-state index in [0.717, 1.165) is 12.0 Å². The summed E-state index contributed by atoms with van der Waals surface area (Å²) in [6.45, 7) is 0. The average molecular weight is 180 g/mol. The van der Waals surface area contributed by atoms with Crippen LogP contribution in [0.1, 0.15) is 23.1 Å². The van der Waals surface area contributed by atoms with Crippen LogP contribution in [0.2, 0.25) is 0 Å². The molecule has 12 heavy (non-hydrogen) atoms. The van der Waals surface area contributed by atoms with Crippen LogP contribution in [0.4, 0.5) is 0 Å². The van der Waals surface area contributed by atoms with E-state index in [1.807, 2.05) is 12.1 Å². The van der Waals surface area contributed by atoms with Crippen molar-refractivity contribution in [2.75, 3.05) is 0 Å². The highest BCUT2D eigenvalue weighted by Crippen LogP contribution is 2.22. The predicted molar refractivity (Wildman–Crippen MR) is 50.4 cm³/mol. The third kappa shape index (κ3) is 1.44. The highest BCUT2D eigenvalue weighted by Gasteiger charge is 2.09. The van der Waals surface area contributed by atoms with Crippen molar-refractivity contribution in [3.8, 4) is 6.07 Å². The molecule has 1 aromatic carbocycles. The van der Waals surface area contributed by atoms with Crippen molar-refractivity contribution in [3.05, 3.63) is 34.9 Å². The van der Waals surface area contributed by atoms with Crippen molar-refractivity contribution in [1.29, 1.82) is 5.26 Å². The van der Waals surface area contributed by atoms with Crippen LogP contribution in [0, 0.1) is 11.3 Å². The molecule has 0 atom stereocenters. The maximum atomic E-state index is 8.62. The molecule has 62 valence electrons. The van der Waals surface area contributed by atoms with E-state index in [2.05, 4.69) is 12.1 Å². The minimum atomic E-state index is 0. The Bertz CT molecular complexity index is 325. The molecule has 0 N–H and O–H groups in total. The van der Waals surface area contributed by atoms with Crippen molar-refractivity contribution >= 4 is 12.4 Å². The maximum Gasteiger partial charge on any atom is 0.0991 e. The zero-order chi connectivity index (χ0) is 7.68. The Kier molecular flexibility index (Phi) is 2.73. The third-order valence-electron chi connectivity index (χ3n) is 2.23. The molecule has 0 heterocycles. The lowest BCUT2D eigenvalue weighted by Gasteiger charge is -1.96. The van der Waals surface area contributed by atoms with Crippen LogP contribution in [0.25, 0.3) is 0 Å². The number of rotatable bonds is 0. The highest BCUT2D eigenvalue weighted by molar-refractivity contribution is 5.85. The standard InChI is InChI=1S/C10H9N.ClH/c11-7-8-4-5-9-2-1-3-10(9)6-8;/h4-6H,1-3H2;1H.